The molecule has 0 atom stereocenters. The molecule has 1 saturated heterocycles. The molecule has 1 N–H and O–H groups in total. The largest absolute Gasteiger partial charge is 0.314 e. The van der Waals surface area contributed by atoms with Crippen LogP contribution >= 0.6 is 12.4 Å². The first-order chi connectivity index (χ1) is 5.95. The highest BCUT2D eigenvalue weighted by atomic mass is 35.5. The van der Waals surface area contributed by atoms with Crippen molar-refractivity contribution in [2.75, 3.05) is 32.7 Å². The zero-order valence-electron chi connectivity index (χ0n) is 8.30. The topological polar surface area (TPSA) is 15.3 Å². The molecule has 13 heavy (non-hydrogen) atoms. The van der Waals surface area contributed by atoms with Gasteiger partial charge in [0.1, 0.15) is 0 Å². The first-order valence-electron chi connectivity index (χ1n) is 5.38. The second kappa shape index (κ2) is 5.84. The maximum atomic E-state index is 3.40. The second-order valence-corrected chi connectivity index (χ2v) is 4.20. The van der Waals surface area contributed by atoms with Gasteiger partial charge in [-0.25, -0.2) is 0 Å². The molecule has 0 aromatic heterocycles. The van der Waals surface area contributed by atoms with Crippen LogP contribution < -0.4 is 5.32 Å². The van der Waals surface area contributed by atoms with E-state index in [0.29, 0.717) is 0 Å². The number of hydrogen-bond donors (Lipinski definition) is 1. The average molecular weight is 205 g/mol. The van der Waals surface area contributed by atoms with Crippen molar-refractivity contribution in [2.45, 2.75) is 25.7 Å². The molecule has 1 aliphatic carbocycles. The Kier molecular flexibility index (Phi) is 5.07. The summed E-state index contributed by atoms with van der Waals surface area (Å²) in [4.78, 5) is 2.63. The van der Waals surface area contributed by atoms with Gasteiger partial charge in [-0.1, -0.05) is 12.8 Å². The minimum atomic E-state index is 0. The Bertz CT molecular complexity index is 129. The number of hydrogen-bond acceptors (Lipinski definition) is 2. The van der Waals surface area contributed by atoms with Crippen LogP contribution in [0.5, 0.6) is 0 Å². The van der Waals surface area contributed by atoms with Gasteiger partial charge in [-0.3, -0.25) is 0 Å². The predicted octanol–water partition coefficient (Wildman–Crippen LogP) is 1.50. The highest BCUT2D eigenvalue weighted by Gasteiger charge is 2.19. The molecule has 2 rings (SSSR count). The van der Waals surface area contributed by atoms with Crippen LogP contribution in [-0.4, -0.2) is 37.6 Å². The summed E-state index contributed by atoms with van der Waals surface area (Å²) in [5, 5.41) is 3.40. The van der Waals surface area contributed by atoms with Crippen molar-refractivity contribution in [1.29, 1.82) is 0 Å². The summed E-state index contributed by atoms with van der Waals surface area (Å²) in [5.74, 6) is 1.03. The van der Waals surface area contributed by atoms with Gasteiger partial charge >= 0.3 is 0 Å². The molecule has 0 aromatic carbocycles. The van der Waals surface area contributed by atoms with E-state index in [1.54, 1.807) is 0 Å². The lowest BCUT2D eigenvalue weighted by Crippen LogP contribution is -2.45. The molecule has 2 nitrogen and oxygen atoms in total. The Labute approximate surface area is 87.5 Å². The minimum absolute atomic E-state index is 0. The highest BCUT2D eigenvalue weighted by Crippen LogP contribution is 2.25. The predicted molar refractivity (Wildman–Crippen MR) is 58.5 cm³/mol. The van der Waals surface area contributed by atoms with Crippen LogP contribution in [0.3, 0.4) is 0 Å². The lowest BCUT2D eigenvalue weighted by molar-refractivity contribution is 0.207. The standard InChI is InChI=1S/C10H20N2.ClH/c1-2-4-10(3-1)9-12-7-5-11-6-8-12;/h10-11H,1-9H2;1H. The molecule has 0 radical (unpaired) electrons. The van der Waals surface area contributed by atoms with Gasteiger partial charge in [-0.2, -0.15) is 0 Å². The highest BCUT2D eigenvalue weighted by molar-refractivity contribution is 5.85. The fourth-order valence-corrected chi connectivity index (χ4v) is 2.45. The quantitative estimate of drug-likeness (QED) is 0.734. The number of rotatable bonds is 2. The minimum Gasteiger partial charge on any atom is -0.314 e. The Morgan fingerprint density at radius 3 is 2.31 bits per heavy atom. The molecule has 78 valence electrons. The van der Waals surface area contributed by atoms with Crippen LogP contribution in [0.25, 0.3) is 0 Å². The van der Waals surface area contributed by atoms with Crippen molar-refractivity contribution in [1.82, 2.24) is 10.2 Å². The van der Waals surface area contributed by atoms with Gasteiger partial charge < -0.3 is 10.2 Å². The summed E-state index contributed by atoms with van der Waals surface area (Å²) in [6, 6.07) is 0. The monoisotopic (exact) mass is 204 g/mol. The van der Waals surface area contributed by atoms with Crippen LogP contribution in [0.4, 0.5) is 0 Å². The molecule has 2 fully saturated rings. The van der Waals surface area contributed by atoms with E-state index in [4.69, 9.17) is 0 Å². The zero-order chi connectivity index (χ0) is 8.23. The third-order valence-electron chi connectivity index (χ3n) is 3.20. The van der Waals surface area contributed by atoms with Crippen molar-refractivity contribution in [3.63, 3.8) is 0 Å². The Hall–Kier alpha value is 0.210. The van der Waals surface area contributed by atoms with Gasteiger partial charge in [-0.05, 0) is 18.8 Å². The van der Waals surface area contributed by atoms with Gasteiger partial charge in [0, 0.05) is 32.7 Å². The van der Waals surface area contributed by atoms with Crippen LogP contribution in [0.1, 0.15) is 25.7 Å². The Morgan fingerprint density at radius 1 is 1.08 bits per heavy atom. The van der Waals surface area contributed by atoms with E-state index in [2.05, 4.69) is 10.2 Å². The fraction of sp³-hybridized carbons (Fsp3) is 1.00. The molecule has 0 aromatic rings. The van der Waals surface area contributed by atoms with Gasteiger partial charge in [0.15, 0.2) is 0 Å². The Balaban J connectivity index is 0.000000845. The summed E-state index contributed by atoms with van der Waals surface area (Å²) >= 11 is 0. The van der Waals surface area contributed by atoms with Crippen LogP contribution in [-0.2, 0) is 0 Å². The summed E-state index contributed by atoms with van der Waals surface area (Å²) in [6.07, 6.45) is 5.95. The maximum Gasteiger partial charge on any atom is 0.0107 e. The van der Waals surface area contributed by atoms with E-state index in [9.17, 15) is 0 Å². The first kappa shape index (κ1) is 11.3. The van der Waals surface area contributed by atoms with Crippen molar-refractivity contribution in [3.05, 3.63) is 0 Å². The molecule has 1 aliphatic heterocycles. The number of halogens is 1. The van der Waals surface area contributed by atoms with E-state index in [-0.39, 0.29) is 12.4 Å². The van der Waals surface area contributed by atoms with Gasteiger partial charge in [0.25, 0.3) is 0 Å². The number of nitrogens with one attached hydrogen (secondary N) is 1. The molecule has 0 unspecified atom stereocenters. The molecule has 1 saturated carbocycles. The summed E-state index contributed by atoms with van der Waals surface area (Å²) in [7, 11) is 0. The molecular formula is C10H21ClN2. The van der Waals surface area contributed by atoms with E-state index >= 15 is 0 Å². The molecule has 1 heterocycles. The zero-order valence-corrected chi connectivity index (χ0v) is 9.11. The van der Waals surface area contributed by atoms with Crippen molar-refractivity contribution in [2.24, 2.45) is 5.92 Å². The maximum absolute atomic E-state index is 3.40. The van der Waals surface area contributed by atoms with E-state index < -0.39 is 0 Å². The van der Waals surface area contributed by atoms with Gasteiger partial charge in [0.05, 0.1) is 0 Å². The molecule has 3 heteroatoms. The lowest BCUT2D eigenvalue weighted by atomic mass is 10.1. The number of piperazine rings is 1. The average Bonchev–Trinajstić information content (AvgIpc) is 2.59. The van der Waals surface area contributed by atoms with Gasteiger partial charge in [0.2, 0.25) is 0 Å². The van der Waals surface area contributed by atoms with Crippen LogP contribution in [0.2, 0.25) is 0 Å². The Morgan fingerprint density at radius 2 is 1.69 bits per heavy atom. The molecule has 0 bridgehead atoms. The van der Waals surface area contributed by atoms with Crippen LogP contribution in [0.15, 0.2) is 0 Å². The fourth-order valence-electron chi connectivity index (χ4n) is 2.45. The molecule has 2 aliphatic rings. The summed E-state index contributed by atoms with van der Waals surface area (Å²) in [6.45, 7) is 6.33. The third kappa shape index (κ3) is 3.45. The van der Waals surface area contributed by atoms with E-state index in [1.807, 2.05) is 0 Å². The SMILES string of the molecule is C1CCC(CN2CCNCC2)C1.Cl. The summed E-state index contributed by atoms with van der Waals surface area (Å²) in [5.41, 5.74) is 0. The first-order valence-corrected chi connectivity index (χ1v) is 5.38. The second-order valence-electron chi connectivity index (χ2n) is 4.20. The third-order valence-corrected chi connectivity index (χ3v) is 3.20. The van der Waals surface area contributed by atoms with E-state index in [1.165, 1.54) is 58.4 Å². The molecule has 0 spiro atoms. The molecule has 0 amide bonds. The van der Waals surface area contributed by atoms with Crippen molar-refractivity contribution < 1.29 is 0 Å². The van der Waals surface area contributed by atoms with Crippen molar-refractivity contribution >= 4 is 12.4 Å². The lowest BCUT2D eigenvalue weighted by Gasteiger charge is -2.29. The normalized spacial score (nSPS) is 25.8. The summed E-state index contributed by atoms with van der Waals surface area (Å²) < 4.78 is 0. The molecular weight excluding hydrogens is 184 g/mol. The van der Waals surface area contributed by atoms with Crippen molar-refractivity contribution in [3.8, 4) is 0 Å². The van der Waals surface area contributed by atoms with Crippen LogP contribution in [0, 0.1) is 5.92 Å². The smallest absolute Gasteiger partial charge is 0.0107 e. The number of nitrogens with zero attached hydrogens (tertiary/aromatic N) is 1. The van der Waals surface area contributed by atoms with Gasteiger partial charge in [-0.15, -0.1) is 12.4 Å². The van der Waals surface area contributed by atoms with E-state index in [0.717, 1.165) is 5.92 Å².